The third-order valence-electron chi connectivity index (χ3n) is 3.34. The van der Waals surface area contributed by atoms with E-state index in [1.165, 1.54) is 5.56 Å². The molecule has 0 radical (unpaired) electrons. The van der Waals surface area contributed by atoms with Gasteiger partial charge in [-0.05, 0) is 37.0 Å². The van der Waals surface area contributed by atoms with Crippen LogP contribution in [0.3, 0.4) is 0 Å². The molecule has 0 aliphatic heterocycles. The molecule has 2 rings (SSSR count). The smallest absolute Gasteiger partial charge is 0.320 e. The fourth-order valence-electron chi connectivity index (χ4n) is 2.15. The highest BCUT2D eigenvalue weighted by atomic mass is 16.4. The molecule has 102 valence electrons. The molecular weight excluding hydrogens is 242 g/mol. The Labute approximate surface area is 112 Å². The van der Waals surface area contributed by atoms with Gasteiger partial charge < -0.3 is 15.4 Å². The Morgan fingerprint density at radius 1 is 1.47 bits per heavy atom. The number of carboxylic acids is 1. The molecule has 5 nitrogen and oxygen atoms in total. The van der Waals surface area contributed by atoms with E-state index in [1.807, 2.05) is 11.6 Å². The van der Waals surface area contributed by atoms with Gasteiger partial charge in [0.1, 0.15) is 6.04 Å². The van der Waals surface area contributed by atoms with Crippen LogP contribution in [0, 0.1) is 0 Å². The molecule has 0 spiro atoms. The maximum atomic E-state index is 10.6. The van der Waals surface area contributed by atoms with Crippen LogP contribution < -0.4 is 5.73 Å². The quantitative estimate of drug-likeness (QED) is 0.775. The van der Waals surface area contributed by atoms with Crippen molar-refractivity contribution in [1.29, 1.82) is 0 Å². The zero-order valence-corrected chi connectivity index (χ0v) is 11.0. The Morgan fingerprint density at radius 3 is 3.00 bits per heavy atom. The third kappa shape index (κ3) is 3.32. The van der Waals surface area contributed by atoms with Gasteiger partial charge in [0.2, 0.25) is 0 Å². The summed E-state index contributed by atoms with van der Waals surface area (Å²) in [6, 6.07) is 5.52. The lowest BCUT2D eigenvalue weighted by molar-refractivity contribution is -0.138. The summed E-state index contributed by atoms with van der Waals surface area (Å²) in [7, 11) is 1.97. The molecule has 19 heavy (non-hydrogen) atoms. The fraction of sp³-hybridized carbons (Fsp3) is 0.429. The van der Waals surface area contributed by atoms with E-state index in [4.69, 9.17) is 10.8 Å². The van der Waals surface area contributed by atoms with Crippen molar-refractivity contribution in [2.24, 2.45) is 12.8 Å². The van der Waals surface area contributed by atoms with Gasteiger partial charge in [-0.15, -0.1) is 0 Å². The minimum atomic E-state index is -0.921. The minimum absolute atomic E-state index is 0.529. The first-order valence-electron chi connectivity index (χ1n) is 6.46. The van der Waals surface area contributed by atoms with Gasteiger partial charge in [-0.25, -0.2) is 4.98 Å². The molecule has 1 unspecified atom stereocenters. The maximum Gasteiger partial charge on any atom is 0.320 e. The number of aryl methyl sites for hydroxylation is 2. The van der Waals surface area contributed by atoms with Crippen LogP contribution in [-0.4, -0.2) is 26.7 Å². The Balaban J connectivity index is 1.86. The van der Waals surface area contributed by atoms with E-state index in [2.05, 4.69) is 23.2 Å². The number of benzene rings is 1. The Kier molecular flexibility index (Phi) is 4.16. The van der Waals surface area contributed by atoms with Gasteiger partial charge in [0.25, 0.3) is 0 Å². The van der Waals surface area contributed by atoms with Gasteiger partial charge in [-0.1, -0.05) is 12.5 Å². The zero-order valence-electron chi connectivity index (χ0n) is 11.0. The van der Waals surface area contributed by atoms with Crippen molar-refractivity contribution in [2.45, 2.75) is 31.7 Å². The minimum Gasteiger partial charge on any atom is -0.480 e. The van der Waals surface area contributed by atoms with Crippen LogP contribution in [-0.2, 0) is 18.3 Å². The molecule has 1 atom stereocenters. The summed E-state index contributed by atoms with van der Waals surface area (Å²) < 4.78 is 1.99. The predicted octanol–water partition coefficient (Wildman–Crippen LogP) is 1.70. The SMILES string of the molecule is Cn1cnc2cc(CCCCC(N)C(=O)O)ccc21. The molecule has 0 aliphatic rings. The number of carbonyl (C=O) groups is 1. The number of fused-ring (bicyclic) bond motifs is 1. The van der Waals surface area contributed by atoms with Gasteiger partial charge in [-0.3, -0.25) is 4.79 Å². The maximum absolute atomic E-state index is 10.6. The topological polar surface area (TPSA) is 81.1 Å². The number of hydrogen-bond acceptors (Lipinski definition) is 3. The molecule has 0 bridgehead atoms. The van der Waals surface area contributed by atoms with Crippen LogP contribution in [0.25, 0.3) is 11.0 Å². The van der Waals surface area contributed by atoms with Gasteiger partial charge in [0.05, 0.1) is 17.4 Å². The average molecular weight is 261 g/mol. The lowest BCUT2D eigenvalue weighted by atomic mass is 10.0. The molecule has 0 saturated carbocycles. The van der Waals surface area contributed by atoms with Crippen molar-refractivity contribution < 1.29 is 9.90 Å². The third-order valence-corrected chi connectivity index (χ3v) is 3.34. The standard InChI is InChI=1S/C14H19N3O2/c1-17-9-16-12-8-10(6-7-13(12)17)4-2-3-5-11(15)14(18)19/h6-9,11H,2-5,15H2,1H3,(H,18,19). The number of hydrogen-bond donors (Lipinski definition) is 2. The van der Waals surface area contributed by atoms with Crippen LogP contribution >= 0.6 is 0 Å². The Hall–Kier alpha value is -1.88. The van der Waals surface area contributed by atoms with Crippen LogP contribution in [0.1, 0.15) is 24.8 Å². The molecular formula is C14H19N3O2. The number of aliphatic carboxylic acids is 1. The van der Waals surface area contributed by atoms with E-state index < -0.39 is 12.0 Å². The van der Waals surface area contributed by atoms with Crippen molar-refractivity contribution in [1.82, 2.24) is 9.55 Å². The Morgan fingerprint density at radius 2 is 2.26 bits per heavy atom. The summed E-state index contributed by atoms with van der Waals surface area (Å²) in [6.07, 6.45) is 5.04. The molecule has 5 heteroatoms. The van der Waals surface area contributed by atoms with Gasteiger partial charge in [0.15, 0.2) is 0 Å². The lowest BCUT2D eigenvalue weighted by Crippen LogP contribution is -2.29. The van der Waals surface area contributed by atoms with Crippen LogP contribution in [0.15, 0.2) is 24.5 Å². The van der Waals surface area contributed by atoms with E-state index in [1.54, 1.807) is 6.33 Å². The predicted molar refractivity (Wildman–Crippen MR) is 73.9 cm³/mol. The first-order valence-corrected chi connectivity index (χ1v) is 6.46. The zero-order chi connectivity index (χ0) is 13.8. The van der Waals surface area contributed by atoms with Gasteiger partial charge in [0, 0.05) is 7.05 Å². The van der Waals surface area contributed by atoms with Gasteiger partial charge in [-0.2, -0.15) is 0 Å². The second-order valence-electron chi connectivity index (χ2n) is 4.87. The molecule has 0 aliphatic carbocycles. The fourth-order valence-corrected chi connectivity index (χ4v) is 2.15. The summed E-state index contributed by atoms with van der Waals surface area (Å²) in [6.45, 7) is 0. The molecule has 1 aromatic carbocycles. The molecule has 0 saturated heterocycles. The van der Waals surface area contributed by atoms with E-state index in [0.29, 0.717) is 6.42 Å². The van der Waals surface area contributed by atoms with Crippen molar-refractivity contribution in [3.63, 3.8) is 0 Å². The van der Waals surface area contributed by atoms with Crippen molar-refractivity contribution in [3.05, 3.63) is 30.1 Å². The second kappa shape index (κ2) is 5.84. The van der Waals surface area contributed by atoms with E-state index in [-0.39, 0.29) is 0 Å². The Bertz CT molecular complexity index is 577. The van der Waals surface area contributed by atoms with Crippen molar-refractivity contribution in [2.75, 3.05) is 0 Å². The first kappa shape index (κ1) is 13.5. The molecule has 3 N–H and O–H groups in total. The number of carboxylic acid groups (broad SMARTS) is 1. The highest BCUT2D eigenvalue weighted by molar-refractivity contribution is 5.76. The number of rotatable bonds is 6. The van der Waals surface area contributed by atoms with Crippen molar-refractivity contribution in [3.8, 4) is 0 Å². The van der Waals surface area contributed by atoms with E-state index >= 15 is 0 Å². The number of nitrogens with zero attached hydrogens (tertiary/aromatic N) is 2. The average Bonchev–Trinajstić information content (AvgIpc) is 2.75. The lowest BCUT2D eigenvalue weighted by Gasteiger charge is -2.06. The summed E-state index contributed by atoms with van der Waals surface area (Å²) in [5, 5.41) is 8.68. The van der Waals surface area contributed by atoms with Crippen LogP contribution in [0.5, 0.6) is 0 Å². The summed E-state index contributed by atoms with van der Waals surface area (Å²) in [5.74, 6) is -0.921. The second-order valence-corrected chi connectivity index (χ2v) is 4.87. The number of nitrogens with two attached hydrogens (primary N) is 1. The summed E-state index contributed by atoms with van der Waals surface area (Å²) in [4.78, 5) is 14.9. The number of aromatic nitrogens is 2. The summed E-state index contributed by atoms with van der Waals surface area (Å²) >= 11 is 0. The number of unbranched alkanes of at least 4 members (excludes halogenated alkanes) is 1. The largest absolute Gasteiger partial charge is 0.480 e. The van der Waals surface area contributed by atoms with Crippen LogP contribution in [0.2, 0.25) is 0 Å². The number of imidazole rings is 1. The normalized spacial score (nSPS) is 12.7. The van der Waals surface area contributed by atoms with E-state index in [0.717, 1.165) is 30.3 Å². The van der Waals surface area contributed by atoms with Crippen LogP contribution in [0.4, 0.5) is 0 Å². The monoisotopic (exact) mass is 261 g/mol. The molecule has 0 fully saturated rings. The molecule has 1 heterocycles. The molecule has 0 amide bonds. The van der Waals surface area contributed by atoms with Gasteiger partial charge >= 0.3 is 5.97 Å². The van der Waals surface area contributed by atoms with Crippen molar-refractivity contribution >= 4 is 17.0 Å². The highest BCUT2D eigenvalue weighted by Crippen LogP contribution is 2.16. The first-order chi connectivity index (χ1) is 9.08. The van der Waals surface area contributed by atoms with E-state index in [9.17, 15) is 4.79 Å². The molecule has 1 aromatic heterocycles. The highest BCUT2D eigenvalue weighted by Gasteiger charge is 2.10. The molecule has 2 aromatic rings. The summed E-state index contributed by atoms with van der Waals surface area (Å²) in [5.41, 5.74) is 8.82.